The number of nitrogens with two attached hydrogens (primary N) is 1. The van der Waals surface area contributed by atoms with E-state index in [1.807, 2.05) is 42.5 Å². The number of ether oxygens (including phenoxy) is 1. The van der Waals surface area contributed by atoms with Crippen LogP contribution in [0.3, 0.4) is 0 Å². The number of hydrogen-bond acceptors (Lipinski definition) is 3. The minimum atomic E-state index is -0.143. The van der Waals surface area contributed by atoms with Crippen LogP contribution in [0.2, 0.25) is 5.02 Å². The summed E-state index contributed by atoms with van der Waals surface area (Å²) in [6.45, 7) is 7.07. The number of guanidine groups is 1. The molecule has 0 aromatic heterocycles. The van der Waals surface area contributed by atoms with Gasteiger partial charge in [0.2, 0.25) is 6.41 Å². The topological polar surface area (TPSA) is 67.9 Å². The number of aliphatic imine (C=N–C) groups is 1. The first kappa shape index (κ1) is 21.8. The summed E-state index contributed by atoms with van der Waals surface area (Å²) in [6.07, 6.45) is 1.35. The fourth-order valence-electron chi connectivity index (χ4n) is 2.66. The van der Waals surface area contributed by atoms with Gasteiger partial charge in [0.05, 0.1) is 12.6 Å². The minimum absolute atomic E-state index is 0.143. The zero-order chi connectivity index (χ0) is 20.7. The number of hydrogen-bond donors (Lipinski definition) is 1. The fourth-order valence-corrected chi connectivity index (χ4v) is 2.85. The average Bonchev–Trinajstić information content (AvgIpc) is 2.66. The number of carbonyl (C=O) groups is 1. The van der Waals surface area contributed by atoms with Gasteiger partial charge >= 0.3 is 0 Å². The molecule has 150 valence electrons. The van der Waals surface area contributed by atoms with Crippen molar-refractivity contribution in [2.75, 3.05) is 13.7 Å². The zero-order valence-corrected chi connectivity index (χ0v) is 17.6. The van der Waals surface area contributed by atoms with Gasteiger partial charge in [0.25, 0.3) is 0 Å². The molecule has 0 saturated carbocycles. The van der Waals surface area contributed by atoms with Crippen molar-refractivity contribution in [3.8, 4) is 16.9 Å². The third-order valence-corrected chi connectivity index (χ3v) is 4.22. The Balaban J connectivity index is 0.000000640. The van der Waals surface area contributed by atoms with Crippen LogP contribution in [0, 0.1) is 5.92 Å². The molecule has 0 spiro atoms. The molecule has 1 amide bonds. The van der Waals surface area contributed by atoms with Crippen LogP contribution in [-0.4, -0.2) is 30.9 Å². The average molecular weight is 402 g/mol. The van der Waals surface area contributed by atoms with E-state index in [0.29, 0.717) is 24.5 Å². The number of halogens is 1. The van der Waals surface area contributed by atoms with Crippen LogP contribution >= 0.6 is 11.6 Å². The molecule has 0 saturated heterocycles. The maximum absolute atomic E-state index is 10.8. The lowest BCUT2D eigenvalue weighted by Gasteiger charge is -2.25. The predicted octanol–water partition coefficient (Wildman–Crippen LogP) is 4.90. The lowest BCUT2D eigenvalue weighted by Crippen LogP contribution is -2.33. The van der Waals surface area contributed by atoms with Crippen molar-refractivity contribution in [2.24, 2.45) is 16.6 Å². The second-order valence-electron chi connectivity index (χ2n) is 7.35. The van der Waals surface area contributed by atoms with Crippen molar-refractivity contribution < 1.29 is 9.53 Å². The van der Waals surface area contributed by atoms with Crippen LogP contribution < -0.4 is 10.5 Å². The molecule has 0 fully saturated rings. The van der Waals surface area contributed by atoms with E-state index in [9.17, 15) is 4.79 Å². The van der Waals surface area contributed by atoms with Crippen LogP contribution in [-0.2, 0) is 4.79 Å². The highest BCUT2D eigenvalue weighted by Crippen LogP contribution is 2.37. The Kier molecular flexibility index (Phi) is 7.88. The Labute approximate surface area is 172 Å². The molecule has 6 heteroatoms. The molecule has 1 unspecified atom stereocenters. The SMILES string of the molecule is CC(C)C.CN(C=O)C(N)=NC1CCOc2ccc(-c3cccc(Cl)c3)cc21. The highest BCUT2D eigenvalue weighted by Gasteiger charge is 2.22. The fraction of sp³-hybridized carbons (Fsp3) is 0.364. The normalized spacial score (nSPS) is 15.8. The summed E-state index contributed by atoms with van der Waals surface area (Å²) in [7, 11) is 1.58. The lowest BCUT2D eigenvalue weighted by molar-refractivity contribution is -0.114. The number of fused-ring (bicyclic) bond motifs is 1. The summed E-state index contributed by atoms with van der Waals surface area (Å²) in [5.41, 5.74) is 8.89. The Morgan fingerprint density at radius 1 is 1.25 bits per heavy atom. The number of rotatable bonds is 3. The molecular weight excluding hydrogens is 374 g/mol. The second-order valence-corrected chi connectivity index (χ2v) is 7.79. The van der Waals surface area contributed by atoms with Crippen LogP contribution in [0.4, 0.5) is 0 Å². The molecule has 2 aromatic rings. The van der Waals surface area contributed by atoms with Gasteiger partial charge in [-0.2, -0.15) is 0 Å². The van der Waals surface area contributed by atoms with E-state index in [0.717, 1.165) is 28.4 Å². The first-order valence-corrected chi connectivity index (χ1v) is 9.73. The van der Waals surface area contributed by atoms with E-state index in [1.165, 1.54) is 4.90 Å². The van der Waals surface area contributed by atoms with Crippen molar-refractivity contribution in [3.63, 3.8) is 0 Å². The van der Waals surface area contributed by atoms with Gasteiger partial charge < -0.3 is 10.5 Å². The summed E-state index contributed by atoms with van der Waals surface area (Å²) in [5.74, 6) is 1.82. The van der Waals surface area contributed by atoms with Crippen LogP contribution in [0.15, 0.2) is 47.5 Å². The molecule has 1 heterocycles. The molecule has 0 bridgehead atoms. The van der Waals surface area contributed by atoms with Gasteiger partial charge in [-0.15, -0.1) is 0 Å². The smallest absolute Gasteiger partial charge is 0.216 e. The molecular formula is C22H28ClN3O2. The Bertz CT molecular complexity index is 834. The van der Waals surface area contributed by atoms with E-state index in [1.54, 1.807) is 7.05 Å². The van der Waals surface area contributed by atoms with E-state index in [2.05, 4.69) is 25.8 Å². The van der Waals surface area contributed by atoms with Crippen LogP contribution in [0.5, 0.6) is 5.75 Å². The number of nitrogens with zero attached hydrogens (tertiary/aromatic N) is 2. The standard InChI is InChI=1S/C18H18ClN3O2.C4H10/c1-22(11-23)18(20)21-16-7-8-24-17-6-5-13(10-15(16)17)12-3-2-4-14(19)9-12;1-4(2)3/h2-6,9-11,16H,7-8H2,1H3,(H2,20,21);4H,1-3H3. The Morgan fingerprint density at radius 2 is 1.93 bits per heavy atom. The van der Waals surface area contributed by atoms with Crippen molar-refractivity contribution in [2.45, 2.75) is 33.2 Å². The highest BCUT2D eigenvalue weighted by molar-refractivity contribution is 6.30. The maximum atomic E-state index is 10.8. The largest absolute Gasteiger partial charge is 0.493 e. The summed E-state index contributed by atoms with van der Waals surface area (Å²) in [6, 6.07) is 13.5. The molecule has 0 aliphatic carbocycles. The van der Waals surface area contributed by atoms with E-state index >= 15 is 0 Å². The van der Waals surface area contributed by atoms with Gasteiger partial charge in [-0.05, 0) is 41.3 Å². The quantitative estimate of drug-likeness (QED) is 0.452. The Morgan fingerprint density at radius 3 is 2.57 bits per heavy atom. The molecule has 28 heavy (non-hydrogen) atoms. The van der Waals surface area contributed by atoms with Gasteiger partial charge in [0.1, 0.15) is 5.75 Å². The van der Waals surface area contributed by atoms with Gasteiger partial charge in [-0.3, -0.25) is 9.69 Å². The first-order valence-electron chi connectivity index (χ1n) is 9.36. The lowest BCUT2D eigenvalue weighted by atomic mass is 9.96. The van der Waals surface area contributed by atoms with Gasteiger partial charge in [-0.1, -0.05) is 50.6 Å². The molecule has 2 N–H and O–H groups in total. The van der Waals surface area contributed by atoms with E-state index in [-0.39, 0.29) is 12.0 Å². The maximum Gasteiger partial charge on any atom is 0.216 e. The van der Waals surface area contributed by atoms with Gasteiger partial charge in [-0.25, -0.2) is 4.99 Å². The number of benzene rings is 2. The van der Waals surface area contributed by atoms with Crippen molar-refractivity contribution in [3.05, 3.63) is 53.1 Å². The van der Waals surface area contributed by atoms with E-state index in [4.69, 9.17) is 22.1 Å². The summed E-state index contributed by atoms with van der Waals surface area (Å²) in [4.78, 5) is 16.6. The highest BCUT2D eigenvalue weighted by atomic mass is 35.5. The molecule has 1 aliphatic rings. The number of carbonyl (C=O) groups excluding carboxylic acids is 1. The van der Waals surface area contributed by atoms with Crippen LogP contribution in [0.25, 0.3) is 11.1 Å². The molecule has 1 aliphatic heterocycles. The second kappa shape index (κ2) is 10.1. The third-order valence-electron chi connectivity index (χ3n) is 3.98. The molecule has 3 rings (SSSR count). The number of amides is 1. The molecule has 2 aromatic carbocycles. The van der Waals surface area contributed by atoms with Gasteiger partial charge in [0.15, 0.2) is 5.96 Å². The third kappa shape index (κ3) is 5.99. The molecule has 5 nitrogen and oxygen atoms in total. The van der Waals surface area contributed by atoms with Gasteiger partial charge in [0, 0.05) is 24.1 Å². The minimum Gasteiger partial charge on any atom is -0.493 e. The Hall–Kier alpha value is -2.53. The summed E-state index contributed by atoms with van der Waals surface area (Å²) < 4.78 is 5.72. The molecule has 0 radical (unpaired) electrons. The van der Waals surface area contributed by atoms with Crippen LogP contribution in [0.1, 0.15) is 38.8 Å². The van der Waals surface area contributed by atoms with Crippen molar-refractivity contribution in [1.82, 2.24) is 4.90 Å². The predicted molar refractivity (Wildman–Crippen MR) is 116 cm³/mol. The molecule has 1 atom stereocenters. The van der Waals surface area contributed by atoms with Crippen molar-refractivity contribution >= 4 is 24.0 Å². The summed E-state index contributed by atoms with van der Waals surface area (Å²) >= 11 is 6.08. The first-order chi connectivity index (χ1) is 13.3. The van der Waals surface area contributed by atoms with E-state index < -0.39 is 0 Å². The zero-order valence-electron chi connectivity index (χ0n) is 16.9. The monoisotopic (exact) mass is 401 g/mol. The summed E-state index contributed by atoms with van der Waals surface area (Å²) in [5, 5.41) is 0.688. The van der Waals surface area contributed by atoms with Crippen molar-refractivity contribution in [1.29, 1.82) is 0 Å².